The molecule has 0 radical (unpaired) electrons. The van der Waals surface area contributed by atoms with Gasteiger partial charge in [0.15, 0.2) is 0 Å². The Morgan fingerprint density at radius 3 is 1.66 bits per heavy atom. The van der Waals surface area contributed by atoms with Gasteiger partial charge >= 0.3 is 7.60 Å². The first-order valence-corrected chi connectivity index (χ1v) is 10.8. The average molecular weight is 402 g/mol. The van der Waals surface area contributed by atoms with Crippen molar-refractivity contribution in [2.75, 3.05) is 0 Å². The van der Waals surface area contributed by atoms with Crippen molar-refractivity contribution >= 4 is 34.7 Å². The fourth-order valence-corrected chi connectivity index (χ4v) is 4.54. The van der Waals surface area contributed by atoms with Crippen LogP contribution in [-0.4, -0.2) is 5.52 Å². The fourth-order valence-electron chi connectivity index (χ4n) is 3.15. The summed E-state index contributed by atoms with van der Waals surface area (Å²) >= 11 is 0. The molecule has 0 aliphatic heterocycles. The summed E-state index contributed by atoms with van der Waals surface area (Å²) in [4.78, 5) is 12.7. The van der Waals surface area contributed by atoms with Gasteiger partial charge in [0.05, 0.1) is 0 Å². The maximum Gasteiger partial charge on any atom is 0.502 e. The van der Waals surface area contributed by atoms with Gasteiger partial charge in [-0.15, -0.1) is 0 Å². The summed E-state index contributed by atoms with van der Waals surface area (Å²) in [5.41, 5.74) is -0.708. The molecule has 0 saturated carbocycles. The topological polar surface area (TPSA) is 52.6 Å². The van der Waals surface area contributed by atoms with Crippen molar-refractivity contribution in [2.45, 2.75) is 6.92 Å². The molecule has 0 aliphatic rings. The Bertz CT molecular complexity index is 1180. The van der Waals surface area contributed by atoms with Crippen molar-refractivity contribution in [3.8, 4) is 11.5 Å². The number of carbonyl (C=O) groups excluding carboxylic acids is 1. The van der Waals surface area contributed by atoms with E-state index in [2.05, 4.69) is 0 Å². The van der Waals surface area contributed by atoms with Gasteiger partial charge in [0, 0.05) is 10.8 Å². The second kappa shape index (κ2) is 7.94. The fraction of sp³-hybridized carbons (Fsp3) is 0.0417. The van der Waals surface area contributed by atoms with Crippen LogP contribution in [0.2, 0.25) is 0 Å². The van der Waals surface area contributed by atoms with Gasteiger partial charge in [-0.1, -0.05) is 78.9 Å². The third-order valence-electron chi connectivity index (χ3n) is 4.52. The Hall–Kier alpha value is -3.36. The number of allylic oxidation sites excluding steroid dienone is 2. The van der Waals surface area contributed by atoms with Gasteiger partial charge in [-0.05, 0) is 35.9 Å². The quantitative estimate of drug-likeness (QED) is 0.264. The van der Waals surface area contributed by atoms with Crippen molar-refractivity contribution in [3.63, 3.8) is 0 Å². The molecule has 0 atom stereocenters. The highest BCUT2D eigenvalue weighted by atomic mass is 31.2. The zero-order valence-corrected chi connectivity index (χ0v) is 16.7. The number of rotatable bonds is 6. The zero-order chi connectivity index (χ0) is 20.3. The third-order valence-corrected chi connectivity index (χ3v) is 6.08. The number of carbonyl (C=O) groups is 1. The molecule has 29 heavy (non-hydrogen) atoms. The highest BCUT2D eigenvalue weighted by Gasteiger charge is 2.37. The van der Waals surface area contributed by atoms with Crippen molar-refractivity contribution in [2.24, 2.45) is 0 Å². The van der Waals surface area contributed by atoms with Gasteiger partial charge in [0.2, 0.25) is 0 Å². The Labute approximate surface area is 168 Å². The van der Waals surface area contributed by atoms with Crippen LogP contribution in [0, 0.1) is 0 Å². The van der Waals surface area contributed by atoms with E-state index >= 15 is 0 Å². The van der Waals surface area contributed by atoms with Crippen LogP contribution in [0.15, 0.2) is 97.1 Å². The van der Waals surface area contributed by atoms with E-state index in [1.165, 1.54) is 12.2 Å². The van der Waals surface area contributed by atoms with E-state index in [4.69, 9.17) is 9.05 Å². The van der Waals surface area contributed by atoms with Crippen LogP contribution in [-0.2, 0) is 9.36 Å². The Balaban J connectivity index is 1.80. The molecule has 0 amide bonds. The molecule has 0 fully saturated rings. The highest BCUT2D eigenvalue weighted by molar-refractivity contribution is 7.73. The summed E-state index contributed by atoms with van der Waals surface area (Å²) in [5.74, 6) is 0.675. The minimum Gasteiger partial charge on any atom is -0.410 e. The number of benzene rings is 4. The lowest BCUT2D eigenvalue weighted by Crippen LogP contribution is -2.10. The van der Waals surface area contributed by atoms with Crippen LogP contribution in [0.1, 0.15) is 6.92 Å². The Morgan fingerprint density at radius 2 is 1.17 bits per heavy atom. The first-order chi connectivity index (χ1) is 14.1. The first-order valence-electron chi connectivity index (χ1n) is 9.23. The molecule has 4 nitrogen and oxygen atoms in total. The standard InChI is InChI=1S/C24H19O4P/c1-2-9-24(25)29(26,27-22-16-7-12-18-10-3-5-14-20(18)22)28-23-17-8-13-19-11-4-6-15-21(19)23/h2-17H,1H3/b9-2+. The lowest BCUT2D eigenvalue weighted by Gasteiger charge is -2.19. The highest BCUT2D eigenvalue weighted by Crippen LogP contribution is 2.52. The van der Waals surface area contributed by atoms with Crippen molar-refractivity contribution in [1.29, 1.82) is 0 Å². The molecule has 0 spiro atoms. The van der Waals surface area contributed by atoms with Crippen LogP contribution in [0.3, 0.4) is 0 Å². The molecule has 0 aromatic heterocycles. The lowest BCUT2D eigenvalue weighted by molar-refractivity contribution is -0.109. The molecule has 144 valence electrons. The molecule has 0 unspecified atom stereocenters. The molecule has 5 heteroatoms. The molecular formula is C24H19O4P. The van der Waals surface area contributed by atoms with E-state index in [9.17, 15) is 9.36 Å². The molecule has 0 N–H and O–H groups in total. The second-order valence-electron chi connectivity index (χ2n) is 6.47. The largest absolute Gasteiger partial charge is 0.502 e. The van der Waals surface area contributed by atoms with E-state index in [1.54, 1.807) is 31.2 Å². The first kappa shape index (κ1) is 19.0. The second-order valence-corrected chi connectivity index (χ2v) is 8.27. The van der Waals surface area contributed by atoms with E-state index in [0.29, 0.717) is 11.5 Å². The molecule has 4 rings (SSSR count). The van der Waals surface area contributed by atoms with Crippen molar-refractivity contribution in [3.05, 3.63) is 97.1 Å². The summed E-state index contributed by atoms with van der Waals surface area (Å²) in [7, 11) is -4.21. The van der Waals surface area contributed by atoms with E-state index in [1.807, 2.05) is 60.7 Å². The minimum atomic E-state index is -4.21. The van der Waals surface area contributed by atoms with Gasteiger partial charge < -0.3 is 9.05 Å². The molecular weight excluding hydrogens is 383 g/mol. The minimum absolute atomic E-state index is 0.338. The molecule has 0 saturated heterocycles. The summed E-state index contributed by atoms with van der Waals surface area (Å²) in [6, 6.07) is 25.9. The van der Waals surface area contributed by atoms with E-state index in [0.717, 1.165) is 21.5 Å². The summed E-state index contributed by atoms with van der Waals surface area (Å²) in [6.45, 7) is 1.68. The Morgan fingerprint density at radius 1 is 0.724 bits per heavy atom. The van der Waals surface area contributed by atoms with Gasteiger partial charge in [0.1, 0.15) is 11.5 Å². The molecule has 4 aromatic carbocycles. The van der Waals surface area contributed by atoms with Crippen LogP contribution in [0.5, 0.6) is 11.5 Å². The van der Waals surface area contributed by atoms with Crippen LogP contribution in [0.4, 0.5) is 0 Å². The van der Waals surface area contributed by atoms with Crippen LogP contribution in [0.25, 0.3) is 21.5 Å². The summed E-state index contributed by atoms with van der Waals surface area (Å²) < 4.78 is 25.3. The number of hydrogen-bond donors (Lipinski definition) is 0. The molecule has 0 aliphatic carbocycles. The number of hydrogen-bond acceptors (Lipinski definition) is 4. The van der Waals surface area contributed by atoms with Gasteiger partial charge in [-0.25, -0.2) is 4.57 Å². The number of fused-ring (bicyclic) bond motifs is 2. The smallest absolute Gasteiger partial charge is 0.410 e. The lowest BCUT2D eigenvalue weighted by atomic mass is 10.1. The monoisotopic (exact) mass is 402 g/mol. The normalized spacial score (nSPS) is 11.8. The van der Waals surface area contributed by atoms with Crippen LogP contribution >= 0.6 is 7.60 Å². The average Bonchev–Trinajstić information content (AvgIpc) is 2.74. The van der Waals surface area contributed by atoms with E-state index < -0.39 is 13.1 Å². The maximum absolute atomic E-state index is 13.7. The van der Waals surface area contributed by atoms with Crippen LogP contribution < -0.4 is 9.05 Å². The van der Waals surface area contributed by atoms with Gasteiger partial charge in [-0.2, -0.15) is 0 Å². The molecule has 0 heterocycles. The maximum atomic E-state index is 13.7. The zero-order valence-electron chi connectivity index (χ0n) is 15.8. The summed E-state index contributed by atoms with van der Waals surface area (Å²) in [6.07, 6.45) is 2.74. The van der Waals surface area contributed by atoms with Gasteiger partial charge in [0.25, 0.3) is 5.52 Å². The molecule has 0 bridgehead atoms. The third kappa shape index (κ3) is 3.80. The summed E-state index contributed by atoms with van der Waals surface area (Å²) in [5, 5.41) is 3.34. The predicted molar refractivity (Wildman–Crippen MR) is 117 cm³/mol. The predicted octanol–water partition coefficient (Wildman–Crippen LogP) is 6.75. The molecule has 4 aromatic rings. The van der Waals surface area contributed by atoms with E-state index in [-0.39, 0.29) is 0 Å². The van der Waals surface area contributed by atoms with Crippen molar-refractivity contribution < 1.29 is 18.4 Å². The van der Waals surface area contributed by atoms with Crippen molar-refractivity contribution in [1.82, 2.24) is 0 Å². The Kier molecular flexibility index (Phi) is 5.20. The SMILES string of the molecule is C/C=C/C(=O)P(=O)(Oc1cccc2ccccc12)Oc1cccc2ccccc12. The van der Waals surface area contributed by atoms with Gasteiger partial charge in [-0.3, -0.25) is 4.79 Å².